The van der Waals surface area contributed by atoms with E-state index >= 15 is 0 Å². The van der Waals surface area contributed by atoms with Crippen LogP contribution in [0.4, 0.5) is 0 Å². The number of thioether (sulfide) groups is 1. The molecule has 25 heavy (non-hydrogen) atoms. The Kier molecular flexibility index (Phi) is 5.63. The number of hydrogen-bond acceptors (Lipinski definition) is 5. The molecule has 1 aliphatic heterocycles. The maximum atomic E-state index is 12.3. The molecule has 0 bridgehead atoms. The third-order valence-electron chi connectivity index (χ3n) is 4.31. The molecule has 3 rings (SSSR count). The van der Waals surface area contributed by atoms with Crippen LogP contribution in [0.15, 0.2) is 29.4 Å². The summed E-state index contributed by atoms with van der Waals surface area (Å²) >= 11 is 1.47. The Morgan fingerprint density at radius 3 is 2.48 bits per heavy atom. The van der Waals surface area contributed by atoms with E-state index in [1.165, 1.54) is 11.8 Å². The Morgan fingerprint density at radius 1 is 1.20 bits per heavy atom. The van der Waals surface area contributed by atoms with E-state index in [4.69, 9.17) is 4.74 Å². The predicted octanol–water partition coefficient (Wildman–Crippen LogP) is 3.25. The minimum atomic E-state index is 0.187. The summed E-state index contributed by atoms with van der Waals surface area (Å²) in [6.07, 6.45) is 2.22. The number of amides is 1. The van der Waals surface area contributed by atoms with Gasteiger partial charge in [0.05, 0.1) is 12.9 Å². The molecular formula is C18H24N4O2S. The molecule has 1 amide bonds. The number of benzene rings is 1. The van der Waals surface area contributed by atoms with Crippen LogP contribution in [-0.2, 0) is 4.79 Å². The van der Waals surface area contributed by atoms with Gasteiger partial charge in [0.15, 0.2) is 11.0 Å². The molecule has 0 N–H and O–H groups in total. The van der Waals surface area contributed by atoms with Crippen molar-refractivity contribution in [2.75, 3.05) is 26.0 Å². The van der Waals surface area contributed by atoms with Crippen molar-refractivity contribution in [2.45, 2.75) is 37.9 Å². The van der Waals surface area contributed by atoms with Gasteiger partial charge in [-0.1, -0.05) is 11.8 Å². The number of hydrogen-bond donors (Lipinski definition) is 0. The second-order valence-corrected chi connectivity index (χ2v) is 7.32. The SMILES string of the molecule is COc1ccc(-c2nnc(SCC(=O)N3CCCC3)n2C(C)C)cc1. The van der Waals surface area contributed by atoms with Crippen molar-refractivity contribution in [1.29, 1.82) is 0 Å². The summed E-state index contributed by atoms with van der Waals surface area (Å²) in [5.74, 6) is 2.22. The molecule has 0 unspecified atom stereocenters. The zero-order valence-electron chi connectivity index (χ0n) is 14.9. The molecule has 0 aliphatic carbocycles. The smallest absolute Gasteiger partial charge is 0.233 e. The van der Waals surface area contributed by atoms with Gasteiger partial charge in [-0.05, 0) is 51.0 Å². The van der Waals surface area contributed by atoms with Crippen molar-refractivity contribution in [2.24, 2.45) is 0 Å². The Hall–Kier alpha value is -2.02. The molecule has 1 aliphatic rings. The topological polar surface area (TPSA) is 60.3 Å². The van der Waals surface area contributed by atoms with E-state index in [9.17, 15) is 4.79 Å². The maximum Gasteiger partial charge on any atom is 0.233 e. The lowest BCUT2D eigenvalue weighted by atomic mass is 10.2. The third-order valence-corrected chi connectivity index (χ3v) is 5.24. The first-order valence-corrected chi connectivity index (χ1v) is 9.58. The van der Waals surface area contributed by atoms with Gasteiger partial charge in [-0.25, -0.2) is 0 Å². The van der Waals surface area contributed by atoms with E-state index in [1.54, 1.807) is 7.11 Å². The predicted molar refractivity (Wildman–Crippen MR) is 98.9 cm³/mol. The number of methoxy groups -OCH3 is 1. The standard InChI is InChI=1S/C18H24N4O2S/c1-13(2)22-17(14-6-8-15(24-3)9-7-14)19-20-18(22)25-12-16(23)21-10-4-5-11-21/h6-9,13H,4-5,10-12H2,1-3H3. The molecule has 134 valence electrons. The van der Waals surface area contributed by atoms with Gasteiger partial charge >= 0.3 is 0 Å². The maximum absolute atomic E-state index is 12.3. The number of carbonyl (C=O) groups excluding carboxylic acids is 1. The Bertz CT molecular complexity index is 721. The lowest BCUT2D eigenvalue weighted by Crippen LogP contribution is -2.29. The normalized spacial score (nSPS) is 14.3. The summed E-state index contributed by atoms with van der Waals surface area (Å²) in [6.45, 7) is 5.96. The van der Waals surface area contributed by atoms with E-state index in [0.717, 1.165) is 48.2 Å². The van der Waals surface area contributed by atoms with Gasteiger partial charge in [0.2, 0.25) is 5.91 Å². The first-order valence-electron chi connectivity index (χ1n) is 8.60. The van der Waals surface area contributed by atoms with Crippen LogP contribution < -0.4 is 4.74 Å². The van der Waals surface area contributed by atoms with E-state index in [-0.39, 0.29) is 11.9 Å². The van der Waals surface area contributed by atoms with Crippen LogP contribution in [0.3, 0.4) is 0 Å². The van der Waals surface area contributed by atoms with Gasteiger partial charge in [-0.15, -0.1) is 10.2 Å². The van der Waals surface area contributed by atoms with Gasteiger partial charge < -0.3 is 9.64 Å². The van der Waals surface area contributed by atoms with Crippen LogP contribution in [0.5, 0.6) is 5.75 Å². The number of aromatic nitrogens is 3. The van der Waals surface area contributed by atoms with Crippen molar-refractivity contribution in [3.63, 3.8) is 0 Å². The number of carbonyl (C=O) groups is 1. The summed E-state index contributed by atoms with van der Waals surface area (Å²) in [5, 5.41) is 9.48. The molecule has 0 radical (unpaired) electrons. The number of nitrogens with zero attached hydrogens (tertiary/aromatic N) is 4. The minimum Gasteiger partial charge on any atom is -0.497 e. The Morgan fingerprint density at radius 2 is 1.88 bits per heavy atom. The van der Waals surface area contributed by atoms with Gasteiger partial charge in [-0.3, -0.25) is 9.36 Å². The molecular weight excluding hydrogens is 336 g/mol. The first-order chi connectivity index (χ1) is 12.1. The highest BCUT2D eigenvalue weighted by Gasteiger charge is 2.21. The molecule has 0 spiro atoms. The van der Waals surface area contributed by atoms with E-state index < -0.39 is 0 Å². The molecule has 1 fully saturated rings. The molecule has 7 heteroatoms. The fourth-order valence-electron chi connectivity index (χ4n) is 2.96. The highest BCUT2D eigenvalue weighted by molar-refractivity contribution is 7.99. The molecule has 1 saturated heterocycles. The fraction of sp³-hybridized carbons (Fsp3) is 0.500. The first kappa shape index (κ1) is 17.8. The van der Waals surface area contributed by atoms with Crippen molar-refractivity contribution in [3.8, 4) is 17.1 Å². The lowest BCUT2D eigenvalue weighted by molar-refractivity contribution is -0.127. The number of likely N-dealkylation sites (tertiary alicyclic amines) is 1. The summed E-state index contributed by atoms with van der Waals surface area (Å²) in [6, 6.07) is 7.99. The van der Waals surface area contributed by atoms with Gasteiger partial charge in [0, 0.05) is 24.7 Å². The highest BCUT2D eigenvalue weighted by atomic mass is 32.2. The van der Waals surface area contributed by atoms with Crippen molar-refractivity contribution < 1.29 is 9.53 Å². The molecule has 0 atom stereocenters. The largest absolute Gasteiger partial charge is 0.497 e. The quantitative estimate of drug-likeness (QED) is 0.740. The fourth-order valence-corrected chi connectivity index (χ4v) is 3.93. The highest BCUT2D eigenvalue weighted by Crippen LogP contribution is 2.29. The van der Waals surface area contributed by atoms with Crippen LogP contribution in [-0.4, -0.2) is 51.5 Å². The van der Waals surface area contributed by atoms with Gasteiger partial charge in [-0.2, -0.15) is 0 Å². The van der Waals surface area contributed by atoms with Gasteiger partial charge in [0.25, 0.3) is 0 Å². The van der Waals surface area contributed by atoms with Crippen LogP contribution in [0.25, 0.3) is 11.4 Å². The second kappa shape index (κ2) is 7.91. The molecule has 6 nitrogen and oxygen atoms in total. The van der Waals surface area contributed by atoms with E-state index in [0.29, 0.717) is 5.75 Å². The molecule has 1 aromatic carbocycles. The number of rotatable bonds is 6. The van der Waals surface area contributed by atoms with Gasteiger partial charge in [0.1, 0.15) is 5.75 Å². The van der Waals surface area contributed by atoms with E-state index in [1.807, 2.05) is 29.2 Å². The average Bonchev–Trinajstić information content (AvgIpc) is 3.29. The molecule has 2 heterocycles. The summed E-state index contributed by atoms with van der Waals surface area (Å²) < 4.78 is 7.30. The zero-order chi connectivity index (χ0) is 17.8. The van der Waals surface area contributed by atoms with Crippen LogP contribution >= 0.6 is 11.8 Å². The summed E-state index contributed by atoms with van der Waals surface area (Å²) in [4.78, 5) is 14.2. The van der Waals surface area contributed by atoms with Crippen LogP contribution in [0.1, 0.15) is 32.7 Å². The monoisotopic (exact) mass is 360 g/mol. The molecule has 2 aromatic rings. The Labute approximate surface area is 152 Å². The van der Waals surface area contributed by atoms with Crippen molar-refractivity contribution in [3.05, 3.63) is 24.3 Å². The second-order valence-electron chi connectivity index (χ2n) is 6.38. The zero-order valence-corrected chi connectivity index (χ0v) is 15.8. The molecule has 0 saturated carbocycles. The lowest BCUT2D eigenvalue weighted by Gasteiger charge is -2.16. The van der Waals surface area contributed by atoms with Crippen LogP contribution in [0.2, 0.25) is 0 Å². The number of ether oxygens (including phenoxy) is 1. The average molecular weight is 360 g/mol. The summed E-state index contributed by atoms with van der Waals surface area (Å²) in [5.41, 5.74) is 0.986. The van der Waals surface area contributed by atoms with Crippen molar-refractivity contribution in [1.82, 2.24) is 19.7 Å². The Balaban J connectivity index is 1.78. The van der Waals surface area contributed by atoms with Crippen molar-refractivity contribution >= 4 is 17.7 Å². The van der Waals surface area contributed by atoms with Crippen LogP contribution in [0, 0.1) is 0 Å². The van der Waals surface area contributed by atoms with E-state index in [2.05, 4.69) is 28.6 Å². The third kappa shape index (κ3) is 3.98. The summed E-state index contributed by atoms with van der Waals surface area (Å²) in [7, 11) is 1.65. The minimum absolute atomic E-state index is 0.187. The molecule has 1 aromatic heterocycles.